The Morgan fingerprint density at radius 3 is 1.95 bits per heavy atom. The van der Waals surface area contributed by atoms with E-state index in [0.717, 1.165) is 22.6 Å². The highest BCUT2D eigenvalue weighted by molar-refractivity contribution is 6.11. The minimum absolute atomic E-state index is 1.08. The summed E-state index contributed by atoms with van der Waals surface area (Å²) in [5, 5.41) is 4.95. The Morgan fingerprint density at radius 1 is 0.409 bits per heavy atom. The molecule has 0 unspecified atom stereocenters. The first-order valence-corrected chi connectivity index (χ1v) is 15.1. The van der Waals surface area contributed by atoms with Gasteiger partial charge in [-0.05, 0) is 99.3 Å². The molecular formula is C42H28N2. The molecule has 9 rings (SSSR count). The first-order chi connectivity index (χ1) is 21.7. The molecule has 0 fully saturated rings. The average Bonchev–Trinajstić information content (AvgIpc) is 3.57. The lowest BCUT2D eigenvalue weighted by molar-refractivity contribution is 1.18. The summed E-state index contributed by atoms with van der Waals surface area (Å²) in [6, 6.07) is 56.9. The van der Waals surface area contributed by atoms with E-state index in [-0.39, 0.29) is 0 Å². The highest BCUT2D eigenvalue weighted by Gasteiger charge is 2.24. The first kappa shape index (κ1) is 24.7. The molecule has 0 saturated carbocycles. The van der Waals surface area contributed by atoms with Crippen molar-refractivity contribution in [2.24, 2.45) is 0 Å². The zero-order valence-corrected chi connectivity index (χ0v) is 24.1. The number of benzene rings is 7. The number of hydrogen-bond acceptors (Lipinski definition) is 1. The summed E-state index contributed by atoms with van der Waals surface area (Å²) in [7, 11) is 0. The Balaban J connectivity index is 1.25. The second-order valence-corrected chi connectivity index (χ2v) is 11.5. The Hall–Kier alpha value is -5.86. The van der Waals surface area contributed by atoms with Crippen molar-refractivity contribution in [2.45, 2.75) is 0 Å². The van der Waals surface area contributed by atoms with Gasteiger partial charge in [-0.1, -0.05) is 104 Å². The summed E-state index contributed by atoms with van der Waals surface area (Å²) >= 11 is 0. The van der Waals surface area contributed by atoms with E-state index < -0.39 is 0 Å². The molecule has 0 bridgehead atoms. The van der Waals surface area contributed by atoms with Crippen LogP contribution in [-0.4, -0.2) is 4.57 Å². The van der Waals surface area contributed by atoms with Crippen LogP contribution in [0.1, 0.15) is 11.1 Å². The SMILES string of the molecule is C=C1c2ccccc2-c2ccc(N(c3ccccc3)c3ccc4c(c3)c3ccccc3n4-c3ccc4ccccc4c3)cc21. The zero-order valence-electron chi connectivity index (χ0n) is 24.1. The summed E-state index contributed by atoms with van der Waals surface area (Å²) < 4.78 is 2.39. The van der Waals surface area contributed by atoms with Crippen LogP contribution < -0.4 is 4.90 Å². The number of fused-ring (bicyclic) bond motifs is 7. The standard InChI is InChI=1S/C42H28N2/c1-28-35-15-7-8-16-36(35)37-23-21-33(26-39(28)37)43(31-13-3-2-4-14-31)34-22-24-42-40(27-34)38-17-9-10-18-41(38)44(42)32-20-19-29-11-5-6-12-30(29)25-32/h2-27H,1H2. The second-order valence-electron chi connectivity index (χ2n) is 11.5. The van der Waals surface area contributed by atoms with Crippen molar-refractivity contribution in [1.82, 2.24) is 4.57 Å². The van der Waals surface area contributed by atoms with Crippen molar-refractivity contribution in [1.29, 1.82) is 0 Å². The quantitative estimate of drug-likeness (QED) is 0.208. The number of rotatable bonds is 4. The van der Waals surface area contributed by atoms with Crippen LogP contribution in [0.3, 0.4) is 0 Å². The third-order valence-corrected chi connectivity index (χ3v) is 9.05. The van der Waals surface area contributed by atoms with E-state index >= 15 is 0 Å². The maximum absolute atomic E-state index is 4.49. The third-order valence-electron chi connectivity index (χ3n) is 9.05. The molecular weight excluding hydrogens is 532 g/mol. The van der Waals surface area contributed by atoms with Crippen molar-refractivity contribution in [3.05, 3.63) is 175 Å². The number of aromatic nitrogens is 1. The molecule has 1 aliphatic carbocycles. The van der Waals surface area contributed by atoms with Gasteiger partial charge in [-0.2, -0.15) is 0 Å². The van der Waals surface area contributed by atoms with Crippen molar-refractivity contribution in [3.63, 3.8) is 0 Å². The van der Waals surface area contributed by atoms with Crippen molar-refractivity contribution < 1.29 is 0 Å². The van der Waals surface area contributed by atoms with E-state index in [4.69, 9.17) is 0 Å². The van der Waals surface area contributed by atoms with E-state index in [1.54, 1.807) is 0 Å². The van der Waals surface area contributed by atoms with E-state index in [1.165, 1.54) is 60.5 Å². The maximum atomic E-state index is 4.49. The summed E-state index contributed by atoms with van der Waals surface area (Å²) in [5.41, 5.74) is 12.9. The predicted molar refractivity (Wildman–Crippen MR) is 187 cm³/mol. The van der Waals surface area contributed by atoms with Gasteiger partial charge in [0.15, 0.2) is 0 Å². The molecule has 1 heterocycles. The van der Waals surface area contributed by atoms with Crippen LogP contribution in [0.2, 0.25) is 0 Å². The van der Waals surface area contributed by atoms with Gasteiger partial charge in [0.25, 0.3) is 0 Å². The van der Waals surface area contributed by atoms with Crippen LogP contribution in [0.25, 0.3) is 55.0 Å². The summed E-state index contributed by atoms with van der Waals surface area (Å²) in [4.78, 5) is 2.36. The minimum atomic E-state index is 1.08. The van der Waals surface area contributed by atoms with Crippen LogP contribution in [0, 0.1) is 0 Å². The fourth-order valence-electron chi connectivity index (χ4n) is 7.00. The molecule has 0 radical (unpaired) electrons. The monoisotopic (exact) mass is 560 g/mol. The van der Waals surface area contributed by atoms with Gasteiger partial charge < -0.3 is 9.47 Å². The van der Waals surface area contributed by atoms with Crippen LogP contribution in [0.4, 0.5) is 17.1 Å². The number of nitrogens with zero attached hydrogens (tertiary/aromatic N) is 2. The maximum Gasteiger partial charge on any atom is 0.0542 e. The Bertz CT molecular complexity index is 2410. The fraction of sp³-hybridized carbons (Fsp3) is 0. The Kier molecular flexibility index (Phi) is 5.38. The van der Waals surface area contributed by atoms with Gasteiger partial charge in [0, 0.05) is 33.5 Å². The van der Waals surface area contributed by atoms with Gasteiger partial charge >= 0.3 is 0 Å². The van der Waals surface area contributed by atoms with Crippen LogP contribution in [-0.2, 0) is 0 Å². The van der Waals surface area contributed by atoms with Crippen LogP contribution in [0.15, 0.2) is 164 Å². The van der Waals surface area contributed by atoms with E-state index in [1.807, 2.05) is 0 Å². The van der Waals surface area contributed by atoms with Gasteiger partial charge in [-0.15, -0.1) is 0 Å². The second kappa shape index (κ2) is 9.58. The lowest BCUT2D eigenvalue weighted by Gasteiger charge is -2.26. The van der Waals surface area contributed by atoms with Gasteiger partial charge in [0.1, 0.15) is 0 Å². The fourth-order valence-corrected chi connectivity index (χ4v) is 7.00. The predicted octanol–water partition coefficient (Wildman–Crippen LogP) is 11.4. The molecule has 206 valence electrons. The van der Waals surface area contributed by atoms with Gasteiger partial charge in [-0.3, -0.25) is 0 Å². The Morgan fingerprint density at radius 2 is 1.07 bits per heavy atom. The molecule has 44 heavy (non-hydrogen) atoms. The average molecular weight is 561 g/mol. The van der Waals surface area contributed by atoms with Crippen LogP contribution >= 0.6 is 0 Å². The van der Waals surface area contributed by atoms with Crippen molar-refractivity contribution in [2.75, 3.05) is 4.90 Å². The molecule has 0 aliphatic heterocycles. The molecule has 1 aliphatic rings. The Labute approximate surface area is 256 Å². The zero-order chi connectivity index (χ0) is 29.2. The van der Waals surface area contributed by atoms with Gasteiger partial charge in [0.2, 0.25) is 0 Å². The topological polar surface area (TPSA) is 8.17 Å². The molecule has 2 heteroatoms. The lowest BCUT2D eigenvalue weighted by atomic mass is 10.0. The minimum Gasteiger partial charge on any atom is -0.310 e. The molecule has 0 atom stereocenters. The van der Waals surface area contributed by atoms with E-state index in [2.05, 4.69) is 174 Å². The third kappa shape index (κ3) is 3.68. The molecule has 0 spiro atoms. The molecule has 0 saturated heterocycles. The van der Waals surface area contributed by atoms with E-state index in [9.17, 15) is 0 Å². The number of para-hydroxylation sites is 2. The molecule has 1 aromatic heterocycles. The lowest BCUT2D eigenvalue weighted by Crippen LogP contribution is -2.10. The summed E-state index contributed by atoms with van der Waals surface area (Å²) in [6.07, 6.45) is 0. The summed E-state index contributed by atoms with van der Waals surface area (Å²) in [5.74, 6) is 0. The van der Waals surface area contributed by atoms with Crippen molar-refractivity contribution >= 4 is 55.2 Å². The van der Waals surface area contributed by atoms with E-state index in [0.29, 0.717) is 0 Å². The normalized spacial score (nSPS) is 12.1. The number of anilines is 3. The van der Waals surface area contributed by atoms with Gasteiger partial charge in [0.05, 0.1) is 11.0 Å². The number of hydrogen-bond donors (Lipinski definition) is 0. The van der Waals surface area contributed by atoms with Crippen molar-refractivity contribution in [3.8, 4) is 16.8 Å². The summed E-state index contributed by atoms with van der Waals surface area (Å²) in [6.45, 7) is 4.49. The first-order valence-electron chi connectivity index (χ1n) is 15.1. The molecule has 8 aromatic rings. The smallest absolute Gasteiger partial charge is 0.0542 e. The van der Waals surface area contributed by atoms with Gasteiger partial charge in [-0.25, -0.2) is 0 Å². The molecule has 0 amide bonds. The molecule has 2 nitrogen and oxygen atoms in total. The van der Waals surface area contributed by atoms with Crippen LogP contribution in [0.5, 0.6) is 0 Å². The highest BCUT2D eigenvalue weighted by Crippen LogP contribution is 2.47. The molecule has 0 N–H and O–H groups in total. The molecule has 7 aromatic carbocycles. The highest BCUT2D eigenvalue weighted by atomic mass is 15.1. The largest absolute Gasteiger partial charge is 0.310 e.